The van der Waals surface area contributed by atoms with Crippen LogP contribution in [0.4, 0.5) is 0 Å². The molecule has 6 nitrogen and oxygen atoms in total. The largest absolute Gasteiger partial charge is 0.379 e. The van der Waals surface area contributed by atoms with Gasteiger partial charge in [0.25, 0.3) is 5.56 Å². The van der Waals surface area contributed by atoms with Crippen LogP contribution in [0, 0.1) is 0 Å². The van der Waals surface area contributed by atoms with Gasteiger partial charge in [0, 0.05) is 43.3 Å². The van der Waals surface area contributed by atoms with Gasteiger partial charge in [-0.1, -0.05) is 32.3 Å². The number of H-pyrrole nitrogens is 1. The number of benzene rings is 1. The van der Waals surface area contributed by atoms with Gasteiger partial charge in [-0.3, -0.25) is 9.69 Å². The Hall–Kier alpha value is -1.96. The predicted molar refractivity (Wildman–Crippen MR) is 139 cm³/mol. The first kappa shape index (κ1) is 24.2. The van der Waals surface area contributed by atoms with Crippen LogP contribution < -0.4 is 10.9 Å². The highest BCUT2D eigenvalue weighted by Gasteiger charge is 2.19. The van der Waals surface area contributed by atoms with Crippen LogP contribution in [-0.4, -0.2) is 65.3 Å². The highest BCUT2D eigenvalue weighted by atomic mass is 32.1. The lowest BCUT2D eigenvalue weighted by Crippen LogP contribution is -2.46. The summed E-state index contributed by atoms with van der Waals surface area (Å²) in [6.07, 6.45) is 8.20. The van der Waals surface area contributed by atoms with Crippen molar-refractivity contribution in [2.45, 2.75) is 64.5 Å². The SMILES string of the molecule is CCc1ccc2[nH]c(=O)c(CN(CCCN3CCOCC3)C(=S)NC3CCCCC3)cc2c1. The highest BCUT2D eigenvalue weighted by molar-refractivity contribution is 7.80. The molecule has 0 atom stereocenters. The summed E-state index contributed by atoms with van der Waals surface area (Å²) in [7, 11) is 0. The van der Waals surface area contributed by atoms with Crippen LogP contribution >= 0.6 is 12.2 Å². The fourth-order valence-corrected chi connectivity index (χ4v) is 5.24. The van der Waals surface area contributed by atoms with Gasteiger partial charge < -0.3 is 19.9 Å². The third kappa shape index (κ3) is 6.78. The minimum atomic E-state index is -0.0228. The van der Waals surface area contributed by atoms with E-state index in [1.54, 1.807) is 0 Å². The molecule has 0 bridgehead atoms. The van der Waals surface area contributed by atoms with Gasteiger partial charge in [0.2, 0.25) is 0 Å². The molecule has 1 aromatic heterocycles. The number of hydrogen-bond donors (Lipinski definition) is 2. The Morgan fingerprint density at radius 3 is 2.76 bits per heavy atom. The van der Waals surface area contributed by atoms with Crippen molar-refractivity contribution in [3.05, 3.63) is 45.7 Å². The van der Waals surface area contributed by atoms with Crippen molar-refractivity contribution in [2.75, 3.05) is 39.4 Å². The van der Waals surface area contributed by atoms with Crippen molar-refractivity contribution in [3.8, 4) is 0 Å². The quantitative estimate of drug-likeness (QED) is 0.572. The van der Waals surface area contributed by atoms with Gasteiger partial charge in [-0.25, -0.2) is 0 Å². The zero-order chi connectivity index (χ0) is 23.0. The number of nitrogens with zero attached hydrogens (tertiary/aromatic N) is 2. The molecule has 1 saturated heterocycles. The van der Waals surface area contributed by atoms with Crippen LogP contribution in [0.3, 0.4) is 0 Å². The molecule has 2 heterocycles. The van der Waals surface area contributed by atoms with Crippen LogP contribution in [0.5, 0.6) is 0 Å². The molecule has 0 radical (unpaired) electrons. The summed E-state index contributed by atoms with van der Waals surface area (Å²) >= 11 is 5.87. The highest BCUT2D eigenvalue weighted by Crippen LogP contribution is 2.19. The number of hydrogen-bond acceptors (Lipinski definition) is 4. The van der Waals surface area contributed by atoms with Gasteiger partial charge in [0.15, 0.2) is 5.11 Å². The smallest absolute Gasteiger partial charge is 0.253 e. The summed E-state index contributed by atoms with van der Waals surface area (Å²) in [5.74, 6) is 0. The van der Waals surface area contributed by atoms with E-state index in [1.165, 1.54) is 37.7 Å². The number of aryl methyl sites for hydroxylation is 1. The van der Waals surface area contributed by atoms with E-state index < -0.39 is 0 Å². The molecule has 4 rings (SSSR count). The second kappa shape index (κ2) is 12.0. The number of aromatic amines is 1. The molecule has 1 aliphatic heterocycles. The Morgan fingerprint density at radius 1 is 1.21 bits per heavy atom. The van der Waals surface area contributed by atoms with E-state index in [4.69, 9.17) is 17.0 Å². The van der Waals surface area contributed by atoms with E-state index in [1.807, 2.05) is 12.1 Å². The molecule has 0 unspecified atom stereocenters. The number of morpholine rings is 1. The van der Waals surface area contributed by atoms with Crippen LogP contribution in [0.1, 0.15) is 56.6 Å². The lowest BCUT2D eigenvalue weighted by molar-refractivity contribution is 0.0367. The number of pyridine rings is 1. The Balaban J connectivity index is 1.48. The van der Waals surface area contributed by atoms with E-state index in [0.29, 0.717) is 12.6 Å². The fourth-order valence-electron chi connectivity index (χ4n) is 4.92. The second-order valence-corrected chi connectivity index (χ2v) is 9.80. The molecule has 180 valence electrons. The maximum absolute atomic E-state index is 12.9. The lowest BCUT2D eigenvalue weighted by atomic mass is 9.96. The third-order valence-corrected chi connectivity index (χ3v) is 7.36. The molecule has 1 aromatic carbocycles. The molecular formula is C26H38N4O2S. The van der Waals surface area contributed by atoms with E-state index >= 15 is 0 Å². The van der Waals surface area contributed by atoms with Crippen molar-refractivity contribution >= 4 is 28.2 Å². The zero-order valence-corrected chi connectivity index (χ0v) is 20.7. The first-order valence-electron chi connectivity index (χ1n) is 12.6. The normalized spacial score (nSPS) is 17.8. The summed E-state index contributed by atoms with van der Waals surface area (Å²) < 4.78 is 5.47. The first-order chi connectivity index (χ1) is 16.1. The van der Waals surface area contributed by atoms with Gasteiger partial charge in [-0.05, 0) is 67.0 Å². The van der Waals surface area contributed by atoms with Gasteiger partial charge in [0.05, 0.1) is 19.8 Å². The number of ether oxygens (including phenoxy) is 1. The molecule has 0 amide bonds. The van der Waals surface area contributed by atoms with Crippen molar-refractivity contribution in [3.63, 3.8) is 0 Å². The Morgan fingerprint density at radius 2 is 2.00 bits per heavy atom. The fraction of sp³-hybridized carbons (Fsp3) is 0.615. The molecule has 7 heteroatoms. The number of aromatic nitrogens is 1. The van der Waals surface area contributed by atoms with E-state index in [9.17, 15) is 4.79 Å². The van der Waals surface area contributed by atoms with Crippen LogP contribution in [0.2, 0.25) is 0 Å². The molecule has 1 aliphatic carbocycles. The number of rotatable bonds is 8. The monoisotopic (exact) mass is 470 g/mol. The maximum Gasteiger partial charge on any atom is 0.253 e. The average Bonchev–Trinajstić information content (AvgIpc) is 2.84. The van der Waals surface area contributed by atoms with Crippen LogP contribution in [-0.2, 0) is 17.7 Å². The number of fused-ring (bicyclic) bond motifs is 1. The summed E-state index contributed by atoms with van der Waals surface area (Å²) in [5.41, 5.74) is 2.92. The van der Waals surface area contributed by atoms with Crippen LogP contribution in [0.15, 0.2) is 29.1 Å². The molecule has 2 N–H and O–H groups in total. The molecular weight excluding hydrogens is 432 g/mol. The Kier molecular flexibility index (Phi) is 8.75. The summed E-state index contributed by atoms with van der Waals surface area (Å²) in [6.45, 7) is 8.17. The van der Waals surface area contributed by atoms with E-state index in [0.717, 1.165) is 73.8 Å². The van der Waals surface area contributed by atoms with Crippen molar-refractivity contribution in [1.29, 1.82) is 0 Å². The van der Waals surface area contributed by atoms with Crippen molar-refractivity contribution in [1.82, 2.24) is 20.1 Å². The Bertz CT molecular complexity index is 980. The maximum atomic E-state index is 12.9. The van der Waals surface area contributed by atoms with E-state index in [-0.39, 0.29) is 5.56 Å². The molecule has 33 heavy (non-hydrogen) atoms. The zero-order valence-electron chi connectivity index (χ0n) is 19.9. The Labute approximate surface area is 202 Å². The van der Waals surface area contributed by atoms with E-state index in [2.05, 4.69) is 39.2 Å². The second-order valence-electron chi connectivity index (χ2n) is 9.41. The summed E-state index contributed by atoms with van der Waals surface area (Å²) in [6, 6.07) is 8.77. The topological polar surface area (TPSA) is 60.6 Å². The van der Waals surface area contributed by atoms with Gasteiger partial charge in [-0.2, -0.15) is 0 Å². The minimum Gasteiger partial charge on any atom is -0.379 e. The lowest BCUT2D eigenvalue weighted by Gasteiger charge is -2.32. The van der Waals surface area contributed by atoms with Crippen molar-refractivity contribution in [2.24, 2.45) is 0 Å². The number of nitrogens with one attached hydrogen (secondary N) is 2. The minimum absolute atomic E-state index is 0.0228. The summed E-state index contributed by atoms with van der Waals surface area (Å²) in [5, 5.41) is 5.48. The predicted octanol–water partition coefficient (Wildman–Crippen LogP) is 3.82. The third-order valence-electron chi connectivity index (χ3n) is 6.98. The van der Waals surface area contributed by atoms with Gasteiger partial charge in [0.1, 0.15) is 0 Å². The summed E-state index contributed by atoms with van der Waals surface area (Å²) in [4.78, 5) is 20.6. The van der Waals surface area contributed by atoms with Crippen LogP contribution in [0.25, 0.3) is 10.9 Å². The number of thiocarbonyl (C=S) groups is 1. The van der Waals surface area contributed by atoms with Gasteiger partial charge in [-0.15, -0.1) is 0 Å². The molecule has 2 aliphatic rings. The van der Waals surface area contributed by atoms with Gasteiger partial charge >= 0.3 is 0 Å². The molecule has 0 spiro atoms. The molecule has 2 fully saturated rings. The average molecular weight is 471 g/mol. The molecule has 1 saturated carbocycles. The van der Waals surface area contributed by atoms with Crippen molar-refractivity contribution < 1.29 is 4.74 Å². The standard InChI is InChI=1S/C26H38N4O2S/c1-2-20-9-10-24-21(17-20)18-22(25(31)28-24)19-30(12-6-11-29-13-15-32-16-14-29)26(33)27-23-7-4-3-5-8-23/h9-10,17-18,23H,2-8,11-16,19H2,1H3,(H,27,33)(H,28,31). The molecule has 2 aromatic rings. The first-order valence-corrected chi connectivity index (χ1v) is 13.0.